The Kier molecular flexibility index (Phi) is 5.94. The van der Waals surface area contributed by atoms with Gasteiger partial charge in [0.1, 0.15) is 12.4 Å². The topological polar surface area (TPSA) is 77.0 Å². The zero-order chi connectivity index (χ0) is 20.4. The number of benzene rings is 1. The molecular weight excluding hydrogens is 390 g/mol. The number of amidine groups is 1. The first kappa shape index (κ1) is 20.0. The maximum absolute atomic E-state index is 13.2. The summed E-state index contributed by atoms with van der Waals surface area (Å²) < 4.78 is 0. The normalized spacial score (nSPS) is 25.8. The van der Waals surface area contributed by atoms with Crippen molar-refractivity contribution >= 4 is 29.3 Å². The van der Waals surface area contributed by atoms with E-state index in [0.29, 0.717) is 11.6 Å². The molecule has 2 fully saturated rings. The van der Waals surface area contributed by atoms with Crippen LogP contribution in [0.1, 0.15) is 51.0 Å². The molecule has 2 amide bonds. The lowest BCUT2D eigenvalue weighted by Crippen LogP contribution is -2.70. The molecule has 1 aliphatic carbocycles. The summed E-state index contributed by atoms with van der Waals surface area (Å²) in [7, 11) is 0. The van der Waals surface area contributed by atoms with Crippen LogP contribution in [0.2, 0.25) is 5.02 Å². The fourth-order valence-corrected chi connectivity index (χ4v) is 4.81. The molecule has 1 aromatic carbocycles. The highest BCUT2D eigenvalue weighted by atomic mass is 35.5. The number of amides is 2. The Balaban J connectivity index is 1.44. The number of hydrogen-bond donors (Lipinski definition) is 2. The Labute approximate surface area is 176 Å². The maximum atomic E-state index is 13.2. The van der Waals surface area contributed by atoms with E-state index >= 15 is 0 Å². The molecule has 3 aliphatic rings. The van der Waals surface area contributed by atoms with E-state index in [0.717, 1.165) is 49.9 Å². The predicted molar refractivity (Wildman–Crippen MR) is 112 cm³/mol. The molecule has 3 atom stereocenters. The predicted octanol–water partition coefficient (Wildman–Crippen LogP) is 2.45. The molecule has 0 spiro atoms. The van der Waals surface area contributed by atoms with E-state index in [1.54, 1.807) is 17.0 Å². The van der Waals surface area contributed by atoms with Gasteiger partial charge in [-0.3, -0.25) is 15.0 Å². The van der Waals surface area contributed by atoms with Crippen molar-refractivity contribution in [1.82, 2.24) is 20.5 Å². The number of hydrogen-bond acceptors (Lipinski definition) is 5. The van der Waals surface area contributed by atoms with E-state index in [1.807, 2.05) is 12.1 Å². The van der Waals surface area contributed by atoms with Gasteiger partial charge in [-0.1, -0.05) is 43.5 Å². The third-order valence-electron chi connectivity index (χ3n) is 6.05. The number of nitrogens with zero attached hydrogens (tertiary/aromatic N) is 3. The van der Waals surface area contributed by atoms with Crippen molar-refractivity contribution in [2.45, 2.75) is 70.2 Å². The quantitative estimate of drug-likeness (QED) is 0.745. The zero-order valence-electron chi connectivity index (χ0n) is 16.7. The van der Waals surface area contributed by atoms with Crippen molar-refractivity contribution < 1.29 is 9.59 Å². The van der Waals surface area contributed by atoms with Gasteiger partial charge in [0.15, 0.2) is 6.17 Å². The molecule has 8 heteroatoms. The summed E-state index contributed by atoms with van der Waals surface area (Å²) >= 11 is 5.91. The molecule has 3 unspecified atom stereocenters. The molecule has 2 aliphatic heterocycles. The highest BCUT2D eigenvalue weighted by molar-refractivity contribution is 6.30. The number of piperazine rings is 1. The summed E-state index contributed by atoms with van der Waals surface area (Å²) in [5, 5.41) is 8.04. The van der Waals surface area contributed by atoms with Gasteiger partial charge in [0.25, 0.3) is 5.91 Å². The van der Waals surface area contributed by atoms with Crippen molar-refractivity contribution in [3.63, 3.8) is 0 Å². The molecule has 1 saturated carbocycles. The molecule has 156 valence electrons. The van der Waals surface area contributed by atoms with E-state index in [9.17, 15) is 9.59 Å². The first-order valence-corrected chi connectivity index (χ1v) is 10.9. The van der Waals surface area contributed by atoms with Gasteiger partial charge in [0, 0.05) is 18.0 Å². The maximum Gasteiger partial charge on any atom is 0.268 e. The summed E-state index contributed by atoms with van der Waals surface area (Å²) in [6.45, 7) is 2.63. The van der Waals surface area contributed by atoms with Crippen LogP contribution in [0, 0.1) is 0 Å². The number of rotatable bonds is 6. The van der Waals surface area contributed by atoms with Crippen molar-refractivity contribution in [3.05, 3.63) is 34.9 Å². The van der Waals surface area contributed by atoms with Crippen LogP contribution in [0.5, 0.6) is 0 Å². The van der Waals surface area contributed by atoms with Gasteiger partial charge < -0.3 is 15.1 Å². The molecule has 0 aromatic heterocycles. The number of nitrogens with one attached hydrogen (secondary N) is 2. The molecule has 1 aromatic rings. The van der Waals surface area contributed by atoms with Crippen LogP contribution in [0.15, 0.2) is 29.4 Å². The van der Waals surface area contributed by atoms with E-state index in [-0.39, 0.29) is 30.4 Å². The first-order chi connectivity index (χ1) is 14.1. The van der Waals surface area contributed by atoms with E-state index in [2.05, 4.69) is 27.7 Å². The number of hydrazone groups is 1. The molecule has 2 heterocycles. The smallest absolute Gasteiger partial charge is 0.268 e. The summed E-state index contributed by atoms with van der Waals surface area (Å²) in [4.78, 5) is 29.8. The summed E-state index contributed by atoms with van der Waals surface area (Å²) in [6, 6.07) is 7.68. The van der Waals surface area contributed by atoms with Gasteiger partial charge in [-0.05, 0) is 37.0 Å². The van der Waals surface area contributed by atoms with E-state index in [4.69, 9.17) is 11.6 Å². The van der Waals surface area contributed by atoms with E-state index < -0.39 is 6.17 Å². The Hall–Kier alpha value is -2.28. The number of halogens is 1. The lowest BCUT2D eigenvalue weighted by Gasteiger charge is -2.51. The van der Waals surface area contributed by atoms with Crippen LogP contribution >= 0.6 is 11.6 Å². The summed E-state index contributed by atoms with van der Waals surface area (Å²) in [6.07, 6.45) is 5.58. The number of fused-ring (bicyclic) bond motifs is 3. The highest BCUT2D eigenvalue weighted by Gasteiger charge is 2.50. The molecule has 2 N–H and O–H groups in total. The second-order valence-corrected chi connectivity index (χ2v) is 8.44. The SMILES string of the molecule is CCCC1=NNC2C(=O)N(CC(=O)NCc3ccc(Cl)cc3)C3CCCCC3N12. The third kappa shape index (κ3) is 4.06. The minimum Gasteiger partial charge on any atom is -0.350 e. The van der Waals surface area contributed by atoms with Crippen molar-refractivity contribution in [3.8, 4) is 0 Å². The van der Waals surface area contributed by atoms with Crippen molar-refractivity contribution in [2.24, 2.45) is 5.10 Å². The van der Waals surface area contributed by atoms with Crippen LogP contribution in [0.25, 0.3) is 0 Å². The lowest BCUT2D eigenvalue weighted by molar-refractivity contribution is -0.152. The average Bonchev–Trinajstić information content (AvgIpc) is 3.15. The van der Waals surface area contributed by atoms with Crippen LogP contribution in [0.4, 0.5) is 0 Å². The number of carbonyl (C=O) groups is 2. The van der Waals surface area contributed by atoms with Crippen molar-refractivity contribution in [2.75, 3.05) is 6.54 Å². The van der Waals surface area contributed by atoms with Gasteiger partial charge in [0.2, 0.25) is 5.91 Å². The van der Waals surface area contributed by atoms with Gasteiger partial charge in [-0.2, -0.15) is 5.10 Å². The molecule has 29 heavy (non-hydrogen) atoms. The Morgan fingerprint density at radius 3 is 2.69 bits per heavy atom. The summed E-state index contributed by atoms with van der Waals surface area (Å²) in [5.41, 5.74) is 4.00. The van der Waals surface area contributed by atoms with Crippen molar-refractivity contribution in [1.29, 1.82) is 0 Å². The summed E-state index contributed by atoms with van der Waals surface area (Å²) in [5.74, 6) is 0.790. The minimum atomic E-state index is -0.472. The highest BCUT2D eigenvalue weighted by Crippen LogP contribution is 2.35. The number of carbonyl (C=O) groups excluding carboxylic acids is 2. The second kappa shape index (κ2) is 8.61. The fraction of sp³-hybridized carbons (Fsp3) is 0.571. The monoisotopic (exact) mass is 417 g/mol. The lowest BCUT2D eigenvalue weighted by atomic mass is 9.85. The first-order valence-electron chi connectivity index (χ1n) is 10.5. The van der Waals surface area contributed by atoms with Gasteiger partial charge in [-0.15, -0.1) is 0 Å². The van der Waals surface area contributed by atoms with Gasteiger partial charge >= 0.3 is 0 Å². The van der Waals surface area contributed by atoms with Gasteiger partial charge in [-0.25, -0.2) is 0 Å². The standard InChI is InChI=1S/C21H28ClN5O2/c1-2-5-18-24-25-20-21(29)26(16-6-3-4-7-17(16)27(18)20)13-19(28)23-12-14-8-10-15(22)11-9-14/h8-11,16-17,20,25H,2-7,12-13H2,1H3,(H,23,28). The average molecular weight is 418 g/mol. The molecular formula is C21H28ClN5O2. The second-order valence-electron chi connectivity index (χ2n) is 8.01. The largest absolute Gasteiger partial charge is 0.350 e. The molecule has 0 radical (unpaired) electrons. The Bertz CT molecular complexity index is 797. The van der Waals surface area contributed by atoms with Crippen LogP contribution in [-0.4, -0.2) is 52.2 Å². The third-order valence-corrected chi connectivity index (χ3v) is 6.30. The van der Waals surface area contributed by atoms with Crippen LogP contribution in [0.3, 0.4) is 0 Å². The van der Waals surface area contributed by atoms with E-state index in [1.165, 1.54) is 0 Å². The molecule has 7 nitrogen and oxygen atoms in total. The molecule has 0 bridgehead atoms. The van der Waals surface area contributed by atoms with Crippen LogP contribution in [-0.2, 0) is 16.1 Å². The van der Waals surface area contributed by atoms with Crippen LogP contribution < -0.4 is 10.7 Å². The Morgan fingerprint density at radius 2 is 1.97 bits per heavy atom. The fourth-order valence-electron chi connectivity index (χ4n) is 4.68. The zero-order valence-corrected chi connectivity index (χ0v) is 17.5. The molecule has 4 rings (SSSR count). The molecule has 1 saturated heterocycles. The Morgan fingerprint density at radius 1 is 1.24 bits per heavy atom. The minimum absolute atomic E-state index is 0.0513. The van der Waals surface area contributed by atoms with Gasteiger partial charge in [0.05, 0.1) is 12.1 Å².